The molecule has 1 aliphatic rings. The zero-order chi connectivity index (χ0) is 20.6. The molecule has 0 aromatic heterocycles. The number of hydrogen-bond acceptors (Lipinski definition) is 3. The summed E-state index contributed by atoms with van der Waals surface area (Å²) in [5, 5.41) is 2.97. The Morgan fingerprint density at radius 3 is 2.48 bits per heavy atom. The van der Waals surface area contributed by atoms with Crippen LogP contribution in [0, 0.1) is 0 Å². The van der Waals surface area contributed by atoms with Gasteiger partial charge in [-0.3, -0.25) is 9.59 Å². The quantitative estimate of drug-likeness (QED) is 0.664. The number of anilines is 1. The van der Waals surface area contributed by atoms with Crippen LogP contribution in [0.4, 0.5) is 5.69 Å². The van der Waals surface area contributed by atoms with Gasteiger partial charge in [0.2, 0.25) is 11.8 Å². The Labute approximate surface area is 177 Å². The Kier molecular flexibility index (Phi) is 7.72. The summed E-state index contributed by atoms with van der Waals surface area (Å²) in [6.45, 7) is 8.61. The van der Waals surface area contributed by atoms with E-state index in [1.54, 1.807) is 21.6 Å². The summed E-state index contributed by atoms with van der Waals surface area (Å²) in [6.07, 6.45) is 0.300. The van der Waals surface area contributed by atoms with Crippen LogP contribution >= 0.6 is 11.8 Å². The van der Waals surface area contributed by atoms with E-state index in [1.165, 1.54) is 5.56 Å². The van der Waals surface area contributed by atoms with Crippen LogP contribution in [-0.2, 0) is 22.7 Å². The van der Waals surface area contributed by atoms with E-state index >= 15 is 0 Å². The molecule has 0 atom stereocenters. The van der Waals surface area contributed by atoms with Crippen molar-refractivity contribution in [2.24, 2.45) is 0 Å². The zero-order valence-corrected chi connectivity index (χ0v) is 18.1. The van der Waals surface area contributed by atoms with Gasteiger partial charge in [0.15, 0.2) is 0 Å². The molecule has 0 fully saturated rings. The van der Waals surface area contributed by atoms with E-state index in [9.17, 15) is 9.59 Å². The fraction of sp³-hybridized carbons (Fsp3) is 0.391. The molecule has 0 unspecified atom stereocenters. The summed E-state index contributed by atoms with van der Waals surface area (Å²) >= 11 is 1.56. The molecule has 1 heterocycles. The second-order valence-corrected chi connectivity index (χ2v) is 8.30. The van der Waals surface area contributed by atoms with Gasteiger partial charge in [-0.05, 0) is 31.5 Å². The summed E-state index contributed by atoms with van der Waals surface area (Å²) in [7, 11) is 0. The molecule has 0 spiro atoms. The van der Waals surface area contributed by atoms with Crippen LogP contribution in [0.2, 0.25) is 0 Å². The molecular weight excluding hydrogens is 382 g/mol. The normalized spacial score (nSPS) is 13.5. The minimum Gasteiger partial charge on any atom is -0.352 e. The summed E-state index contributed by atoms with van der Waals surface area (Å²) in [5.74, 6) is 0.456. The van der Waals surface area contributed by atoms with E-state index in [0.717, 1.165) is 35.8 Å². The molecule has 0 aliphatic carbocycles. The fourth-order valence-electron chi connectivity index (χ4n) is 3.47. The average molecular weight is 413 g/mol. The summed E-state index contributed by atoms with van der Waals surface area (Å²) in [5.41, 5.74) is 3.32. The first-order chi connectivity index (χ1) is 14.1. The number of quaternary nitrogens is 1. The maximum Gasteiger partial charge on any atom is 0.237 e. The van der Waals surface area contributed by atoms with Gasteiger partial charge in [-0.2, -0.15) is 0 Å². The zero-order valence-electron chi connectivity index (χ0n) is 17.2. The van der Waals surface area contributed by atoms with E-state index < -0.39 is 0 Å². The Balaban J connectivity index is 1.47. The fourth-order valence-corrected chi connectivity index (χ4v) is 4.40. The van der Waals surface area contributed by atoms with E-state index in [2.05, 4.69) is 43.4 Å². The second-order valence-electron chi connectivity index (χ2n) is 7.28. The van der Waals surface area contributed by atoms with Crippen LogP contribution in [0.3, 0.4) is 0 Å². The minimum atomic E-state index is -0.0369. The standard InChI is InChI=1S/C23H29N3O2S/c1-3-25(4-2)16-19-11-9-18(10-12-19)15-24-22(27)13-14-26-20-7-5-6-8-21(20)29-17-23(26)28/h5-12H,3-4,13-17H2,1-2H3,(H,24,27)/p+1. The molecule has 2 N–H and O–H groups in total. The van der Waals surface area contributed by atoms with Crippen LogP contribution in [-0.4, -0.2) is 37.2 Å². The summed E-state index contributed by atoms with van der Waals surface area (Å²) < 4.78 is 0. The first-order valence-corrected chi connectivity index (χ1v) is 11.3. The predicted molar refractivity (Wildman–Crippen MR) is 118 cm³/mol. The Morgan fingerprint density at radius 1 is 1.07 bits per heavy atom. The van der Waals surface area contributed by atoms with Crippen molar-refractivity contribution in [2.45, 2.75) is 38.3 Å². The van der Waals surface area contributed by atoms with Crippen molar-refractivity contribution in [2.75, 3.05) is 30.3 Å². The summed E-state index contributed by atoms with van der Waals surface area (Å²) in [4.78, 5) is 29.0. The third kappa shape index (κ3) is 5.84. The van der Waals surface area contributed by atoms with Crippen molar-refractivity contribution in [3.05, 3.63) is 59.7 Å². The third-order valence-electron chi connectivity index (χ3n) is 5.34. The number of hydrogen-bond donors (Lipinski definition) is 2. The van der Waals surface area contributed by atoms with Gasteiger partial charge in [0, 0.05) is 30.0 Å². The number of amides is 2. The van der Waals surface area contributed by atoms with Crippen LogP contribution in [0.25, 0.3) is 0 Å². The molecular formula is C23H30N3O2S+. The van der Waals surface area contributed by atoms with Crippen LogP contribution in [0.15, 0.2) is 53.4 Å². The van der Waals surface area contributed by atoms with Gasteiger partial charge in [-0.1, -0.05) is 36.4 Å². The van der Waals surface area contributed by atoms with E-state index in [-0.39, 0.29) is 11.8 Å². The van der Waals surface area contributed by atoms with Gasteiger partial charge in [0.25, 0.3) is 0 Å². The van der Waals surface area contributed by atoms with Gasteiger partial charge in [0.05, 0.1) is 24.5 Å². The van der Waals surface area contributed by atoms with Crippen LogP contribution < -0.4 is 15.1 Å². The second kappa shape index (κ2) is 10.5. The SMILES string of the molecule is CC[NH+](CC)Cc1ccc(CNC(=O)CCN2C(=O)CSc3ccccc32)cc1. The lowest BCUT2D eigenvalue weighted by Crippen LogP contribution is -3.10. The number of thioether (sulfide) groups is 1. The topological polar surface area (TPSA) is 53.9 Å². The van der Waals surface area contributed by atoms with Crippen LogP contribution in [0.1, 0.15) is 31.4 Å². The molecule has 29 heavy (non-hydrogen) atoms. The van der Waals surface area contributed by atoms with Gasteiger partial charge in [-0.15, -0.1) is 11.8 Å². The molecule has 0 radical (unpaired) electrons. The van der Waals surface area contributed by atoms with E-state index in [0.29, 0.717) is 25.3 Å². The lowest BCUT2D eigenvalue weighted by Gasteiger charge is -2.28. The predicted octanol–water partition coefficient (Wildman–Crippen LogP) is 2.26. The highest BCUT2D eigenvalue weighted by Crippen LogP contribution is 2.34. The molecule has 0 saturated carbocycles. The van der Waals surface area contributed by atoms with Crippen molar-refractivity contribution < 1.29 is 14.5 Å². The smallest absolute Gasteiger partial charge is 0.237 e. The third-order valence-corrected chi connectivity index (χ3v) is 6.39. The maximum atomic E-state index is 12.3. The van der Waals surface area contributed by atoms with E-state index in [4.69, 9.17) is 0 Å². The molecule has 0 saturated heterocycles. The van der Waals surface area contributed by atoms with Gasteiger partial charge in [0.1, 0.15) is 6.54 Å². The van der Waals surface area contributed by atoms with Gasteiger partial charge < -0.3 is 15.1 Å². The number of carbonyl (C=O) groups excluding carboxylic acids is 2. The lowest BCUT2D eigenvalue weighted by molar-refractivity contribution is -0.910. The number of fused-ring (bicyclic) bond motifs is 1. The van der Waals surface area contributed by atoms with E-state index in [1.807, 2.05) is 24.3 Å². The largest absolute Gasteiger partial charge is 0.352 e. The number of carbonyl (C=O) groups is 2. The molecule has 2 aromatic carbocycles. The molecule has 3 rings (SSSR count). The van der Waals surface area contributed by atoms with Crippen molar-refractivity contribution >= 4 is 29.3 Å². The van der Waals surface area contributed by atoms with Crippen molar-refractivity contribution in [1.82, 2.24) is 5.32 Å². The van der Waals surface area contributed by atoms with Crippen molar-refractivity contribution in [3.8, 4) is 0 Å². The number of nitrogens with one attached hydrogen (secondary N) is 2. The first kappa shape index (κ1) is 21.4. The van der Waals surface area contributed by atoms with Crippen LogP contribution in [0.5, 0.6) is 0 Å². The van der Waals surface area contributed by atoms with Crippen molar-refractivity contribution in [1.29, 1.82) is 0 Å². The molecule has 0 bridgehead atoms. The highest BCUT2D eigenvalue weighted by molar-refractivity contribution is 8.00. The number of rotatable bonds is 9. The molecule has 5 nitrogen and oxygen atoms in total. The monoisotopic (exact) mass is 412 g/mol. The molecule has 1 aliphatic heterocycles. The highest BCUT2D eigenvalue weighted by Gasteiger charge is 2.24. The Hall–Kier alpha value is -2.31. The number of nitrogens with zero attached hydrogens (tertiary/aromatic N) is 1. The highest BCUT2D eigenvalue weighted by atomic mass is 32.2. The lowest BCUT2D eigenvalue weighted by atomic mass is 10.1. The molecule has 2 aromatic rings. The Morgan fingerprint density at radius 2 is 1.76 bits per heavy atom. The average Bonchev–Trinajstić information content (AvgIpc) is 2.76. The molecule has 2 amide bonds. The van der Waals surface area contributed by atoms with Crippen molar-refractivity contribution in [3.63, 3.8) is 0 Å². The summed E-state index contributed by atoms with van der Waals surface area (Å²) in [6, 6.07) is 16.3. The minimum absolute atomic E-state index is 0.0369. The molecule has 154 valence electrons. The van der Waals surface area contributed by atoms with Gasteiger partial charge >= 0.3 is 0 Å². The maximum absolute atomic E-state index is 12.3. The number of para-hydroxylation sites is 1. The number of benzene rings is 2. The first-order valence-electron chi connectivity index (χ1n) is 10.3. The Bertz CT molecular complexity index is 834. The molecule has 6 heteroatoms. The van der Waals surface area contributed by atoms with Gasteiger partial charge in [-0.25, -0.2) is 0 Å².